The van der Waals surface area contributed by atoms with E-state index in [1.54, 1.807) is 0 Å². The van der Waals surface area contributed by atoms with Gasteiger partial charge in [-0.15, -0.1) is 0 Å². The third-order valence-corrected chi connectivity index (χ3v) is 4.05. The molecule has 1 aliphatic heterocycles. The van der Waals surface area contributed by atoms with Crippen molar-refractivity contribution in [2.24, 2.45) is 22.9 Å². The van der Waals surface area contributed by atoms with E-state index in [1.165, 1.54) is 12.0 Å². The van der Waals surface area contributed by atoms with Gasteiger partial charge in [-0.3, -0.25) is 0 Å². The first-order valence-corrected chi connectivity index (χ1v) is 5.91. The van der Waals surface area contributed by atoms with E-state index < -0.39 is 0 Å². The van der Waals surface area contributed by atoms with Gasteiger partial charge in [0.1, 0.15) is 6.10 Å². The molecule has 3 aliphatic rings. The minimum atomic E-state index is 0.310. The number of fused-ring (bicyclic) bond motifs is 5. The highest BCUT2D eigenvalue weighted by Crippen LogP contribution is 2.49. The molecular formula is C14H13NO. The highest BCUT2D eigenvalue weighted by molar-refractivity contribution is 6.03. The van der Waals surface area contributed by atoms with Crippen molar-refractivity contribution in [1.29, 1.82) is 0 Å². The van der Waals surface area contributed by atoms with Gasteiger partial charge in [0.2, 0.25) is 0 Å². The van der Waals surface area contributed by atoms with Crippen LogP contribution in [0, 0.1) is 17.8 Å². The summed E-state index contributed by atoms with van der Waals surface area (Å²) in [5.74, 6) is 1.74. The SMILES string of the molecule is C1=CC2CC1C1ON=C(c3ccccc3)C21. The molecule has 4 unspecified atom stereocenters. The maximum absolute atomic E-state index is 5.61. The monoisotopic (exact) mass is 211 g/mol. The van der Waals surface area contributed by atoms with Gasteiger partial charge in [0.25, 0.3) is 0 Å². The molecule has 1 aromatic carbocycles. The van der Waals surface area contributed by atoms with Crippen LogP contribution < -0.4 is 0 Å². The van der Waals surface area contributed by atoms with E-state index in [-0.39, 0.29) is 0 Å². The van der Waals surface area contributed by atoms with Crippen LogP contribution in [0.4, 0.5) is 0 Å². The molecule has 0 aromatic heterocycles. The predicted molar refractivity (Wildman–Crippen MR) is 62.1 cm³/mol. The quantitative estimate of drug-likeness (QED) is 0.654. The lowest BCUT2D eigenvalue weighted by Crippen LogP contribution is -2.27. The van der Waals surface area contributed by atoms with E-state index in [4.69, 9.17) is 4.84 Å². The molecular weight excluding hydrogens is 198 g/mol. The minimum Gasteiger partial charge on any atom is -0.391 e. The third kappa shape index (κ3) is 0.993. The fraction of sp³-hybridized carbons (Fsp3) is 0.357. The van der Waals surface area contributed by atoms with Crippen molar-refractivity contribution in [3.63, 3.8) is 0 Å². The van der Waals surface area contributed by atoms with Gasteiger partial charge in [0.05, 0.1) is 11.6 Å². The molecule has 1 aromatic rings. The van der Waals surface area contributed by atoms with Crippen LogP contribution >= 0.6 is 0 Å². The largest absolute Gasteiger partial charge is 0.391 e. The number of benzene rings is 1. The molecule has 1 heterocycles. The Balaban J connectivity index is 1.75. The summed E-state index contributed by atoms with van der Waals surface area (Å²) in [6, 6.07) is 10.4. The lowest BCUT2D eigenvalue weighted by molar-refractivity contribution is 0.0504. The molecule has 0 N–H and O–H groups in total. The van der Waals surface area contributed by atoms with Gasteiger partial charge < -0.3 is 4.84 Å². The molecule has 0 saturated heterocycles. The van der Waals surface area contributed by atoms with Crippen LogP contribution in [0.1, 0.15) is 12.0 Å². The summed E-state index contributed by atoms with van der Waals surface area (Å²) in [5, 5.41) is 4.31. The summed E-state index contributed by atoms with van der Waals surface area (Å²) >= 11 is 0. The second-order valence-corrected chi connectivity index (χ2v) is 4.89. The van der Waals surface area contributed by atoms with Gasteiger partial charge in [0.15, 0.2) is 0 Å². The highest BCUT2D eigenvalue weighted by Gasteiger charge is 2.51. The van der Waals surface area contributed by atoms with Gasteiger partial charge in [-0.1, -0.05) is 47.6 Å². The van der Waals surface area contributed by atoms with Crippen LogP contribution in [0.2, 0.25) is 0 Å². The molecule has 0 spiro atoms. The molecule has 4 atom stereocenters. The summed E-state index contributed by atoms with van der Waals surface area (Å²) < 4.78 is 0. The van der Waals surface area contributed by atoms with Crippen LogP contribution in [0.3, 0.4) is 0 Å². The van der Waals surface area contributed by atoms with E-state index in [2.05, 4.69) is 41.6 Å². The summed E-state index contributed by atoms with van der Waals surface area (Å²) in [5.41, 5.74) is 2.37. The van der Waals surface area contributed by atoms with E-state index in [0.29, 0.717) is 23.9 Å². The zero-order chi connectivity index (χ0) is 10.5. The number of hydrogen-bond acceptors (Lipinski definition) is 2. The Morgan fingerprint density at radius 1 is 1.06 bits per heavy atom. The van der Waals surface area contributed by atoms with Crippen molar-refractivity contribution < 1.29 is 4.84 Å². The molecule has 1 fully saturated rings. The van der Waals surface area contributed by atoms with Gasteiger partial charge in [0, 0.05) is 5.92 Å². The standard InChI is InChI=1S/C14H13NO/c1-2-4-9(5-3-1)13-12-10-6-7-11(8-10)14(12)16-15-13/h1-7,10-12,14H,8H2. The first-order chi connectivity index (χ1) is 7.93. The number of hydrogen-bond donors (Lipinski definition) is 0. The van der Waals surface area contributed by atoms with Crippen LogP contribution in [-0.2, 0) is 4.84 Å². The Morgan fingerprint density at radius 2 is 1.88 bits per heavy atom. The summed E-state index contributed by atoms with van der Waals surface area (Å²) in [7, 11) is 0. The summed E-state index contributed by atoms with van der Waals surface area (Å²) in [4.78, 5) is 5.61. The molecule has 2 nitrogen and oxygen atoms in total. The molecule has 16 heavy (non-hydrogen) atoms. The second-order valence-electron chi connectivity index (χ2n) is 4.89. The Kier molecular flexibility index (Phi) is 1.59. The number of rotatable bonds is 1. The van der Waals surface area contributed by atoms with Crippen molar-refractivity contribution >= 4 is 5.71 Å². The first kappa shape index (κ1) is 8.57. The Labute approximate surface area is 94.6 Å². The van der Waals surface area contributed by atoms with Crippen molar-refractivity contribution in [1.82, 2.24) is 0 Å². The van der Waals surface area contributed by atoms with Gasteiger partial charge >= 0.3 is 0 Å². The summed E-state index contributed by atoms with van der Waals surface area (Å²) in [6.07, 6.45) is 6.21. The number of allylic oxidation sites excluding steroid dienone is 1. The Morgan fingerprint density at radius 3 is 2.75 bits per heavy atom. The summed E-state index contributed by atoms with van der Waals surface area (Å²) in [6.45, 7) is 0. The second kappa shape index (κ2) is 2.97. The molecule has 4 rings (SSSR count). The highest BCUT2D eigenvalue weighted by atomic mass is 16.6. The molecule has 2 aliphatic carbocycles. The zero-order valence-electron chi connectivity index (χ0n) is 8.91. The lowest BCUT2D eigenvalue weighted by atomic mass is 9.84. The van der Waals surface area contributed by atoms with E-state index >= 15 is 0 Å². The lowest BCUT2D eigenvalue weighted by Gasteiger charge is -2.19. The Bertz CT molecular complexity index is 477. The molecule has 2 heteroatoms. The molecule has 0 radical (unpaired) electrons. The third-order valence-electron chi connectivity index (χ3n) is 4.05. The maximum atomic E-state index is 5.61. The smallest absolute Gasteiger partial charge is 0.142 e. The fourth-order valence-electron chi connectivity index (χ4n) is 3.31. The maximum Gasteiger partial charge on any atom is 0.142 e. The van der Waals surface area contributed by atoms with Crippen molar-refractivity contribution in [2.45, 2.75) is 12.5 Å². The van der Waals surface area contributed by atoms with Crippen molar-refractivity contribution in [2.75, 3.05) is 0 Å². The average Bonchev–Trinajstić information content (AvgIpc) is 3.03. The molecule has 2 bridgehead atoms. The zero-order valence-corrected chi connectivity index (χ0v) is 8.91. The van der Waals surface area contributed by atoms with Crippen LogP contribution in [0.5, 0.6) is 0 Å². The fourth-order valence-corrected chi connectivity index (χ4v) is 3.31. The van der Waals surface area contributed by atoms with Gasteiger partial charge in [-0.25, -0.2) is 0 Å². The predicted octanol–water partition coefficient (Wildman–Crippen LogP) is 2.61. The van der Waals surface area contributed by atoms with Gasteiger partial charge in [-0.2, -0.15) is 0 Å². The van der Waals surface area contributed by atoms with Crippen molar-refractivity contribution in [3.05, 3.63) is 48.0 Å². The van der Waals surface area contributed by atoms with E-state index in [1.807, 2.05) is 6.07 Å². The van der Waals surface area contributed by atoms with Crippen LogP contribution in [0.15, 0.2) is 47.6 Å². The minimum absolute atomic E-state index is 0.310. The first-order valence-electron chi connectivity index (χ1n) is 5.91. The van der Waals surface area contributed by atoms with Gasteiger partial charge in [-0.05, 0) is 17.9 Å². The van der Waals surface area contributed by atoms with E-state index in [9.17, 15) is 0 Å². The van der Waals surface area contributed by atoms with Crippen molar-refractivity contribution in [3.8, 4) is 0 Å². The molecule has 80 valence electrons. The topological polar surface area (TPSA) is 21.6 Å². The Hall–Kier alpha value is -1.57. The van der Waals surface area contributed by atoms with Crippen LogP contribution in [-0.4, -0.2) is 11.8 Å². The van der Waals surface area contributed by atoms with Crippen LogP contribution in [0.25, 0.3) is 0 Å². The number of nitrogens with zero attached hydrogens (tertiary/aromatic N) is 1. The normalized spacial score (nSPS) is 38.4. The van der Waals surface area contributed by atoms with E-state index in [0.717, 1.165) is 5.71 Å². The average molecular weight is 211 g/mol. The molecule has 1 saturated carbocycles. The molecule has 0 amide bonds. The number of oxime groups is 1.